The molecule has 0 atom stereocenters. The number of hydrogen-bond acceptors (Lipinski definition) is 5. The Kier molecular flexibility index (Phi) is 3.96. The van der Waals surface area contributed by atoms with E-state index in [0.717, 1.165) is 31.8 Å². The van der Waals surface area contributed by atoms with E-state index in [1.165, 1.54) is 6.42 Å². The lowest BCUT2D eigenvalue weighted by molar-refractivity contribution is 0.318. The summed E-state index contributed by atoms with van der Waals surface area (Å²) in [5.41, 5.74) is 6.08. The van der Waals surface area contributed by atoms with Crippen LogP contribution in [0.3, 0.4) is 0 Å². The second-order valence-electron chi connectivity index (χ2n) is 4.55. The van der Waals surface area contributed by atoms with E-state index < -0.39 is 0 Å². The molecule has 1 fully saturated rings. The van der Waals surface area contributed by atoms with E-state index in [9.17, 15) is 0 Å². The van der Waals surface area contributed by atoms with Crippen molar-refractivity contribution in [3.8, 4) is 0 Å². The first-order valence-corrected chi connectivity index (χ1v) is 6.30. The Morgan fingerprint density at radius 3 is 2.72 bits per heavy atom. The minimum Gasteiger partial charge on any atom is -0.409 e. The van der Waals surface area contributed by atoms with Gasteiger partial charge in [-0.15, -0.1) is 0 Å². The van der Waals surface area contributed by atoms with Gasteiger partial charge in [-0.1, -0.05) is 18.5 Å². The number of nitrogens with two attached hydrogens (primary N) is 1. The highest BCUT2D eigenvalue weighted by molar-refractivity contribution is 5.99. The van der Waals surface area contributed by atoms with Gasteiger partial charge in [-0.05, 0) is 18.8 Å². The van der Waals surface area contributed by atoms with E-state index >= 15 is 0 Å². The predicted molar refractivity (Wildman–Crippen MR) is 69.8 cm³/mol. The van der Waals surface area contributed by atoms with Crippen LogP contribution in [0.1, 0.15) is 31.9 Å². The summed E-state index contributed by atoms with van der Waals surface area (Å²) in [6.45, 7) is 4.12. The van der Waals surface area contributed by atoms with Gasteiger partial charge in [-0.3, -0.25) is 0 Å². The zero-order valence-electron chi connectivity index (χ0n) is 10.6. The third kappa shape index (κ3) is 2.52. The number of amidine groups is 1. The topological polar surface area (TPSA) is 87.6 Å². The molecule has 2 heterocycles. The normalized spacial score (nSPS) is 18.1. The van der Waals surface area contributed by atoms with Crippen molar-refractivity contribution in [2.75, 3.05) is 18.0 Å². The third-order valence-electron chi connectivity index (χ3n) is 3.52. The molecule has 0 aromatic carbocycles. The number of rotatable bonds is 3. The van der Waals surface area contributed by atoms with Gasteiger partial charge in [0.2, 0.25) is 0 Å². The maximum atomic E-state index is 8.77. The second kappa shape index (κ2) is 5.66. The van der Waals surface area contributed by atoms with Crippen molar-refractivity contribution < 1.29 is 5.21 Å². The zero-order chi connectivity index (χ0) is 13.0. The van der Waals surface area contributed by atoms with Gasteiger partial charge in [0.15, 0.2) is 17.3 Å². The molecule has 0 saturated carbocycles. The average molecular weight is 249 g/mol. The van der Waals surface area contributed by atoms with Crippen molar-refractivity contribution >= 4 is 11.7 Å². The number of aromatic nitrogens is 2. The fraction of sp³-hybridized carbons (Fsp3) is 0.583. The van der Waals surface area contributed by atoms with E-state index in [4.69, 9.17) is 10.9 Å². The number of nitrogens with zero attached hydrogens (tertiary/aromatic N) is 4. The van der Waals surface area contributed by atoms with Gasteiger partial charge in [-0.2, -0.15) is 0 Å². The van der Waals surface area contributed by atoms with Crippen LogP contribution in [0, 0.1) is 5.92 Å². The van der Waals surface area contributed by atoms with Crippen molar-refractivity contribution in [2.45, 2.75) is 26.2 Å². The summed E-state index contributed by atoms with van der Waals surface area (Å²) in [5, 5.41) is 11.8. The largest absolute Gasteiger partial charge is 0.409 e. The molecule has 0 bridgehead atoms. The number of hydrogen-bond donors (Lipinski definition) is 2. The lowest BCUT2D eigenvalue weighted by Gasteiger charge is -2.32. The third-order valence-corrected chi connectivity index (χ3v) is 3.52. The Morgan fingerprint density at radius 2 is 2.11 bits per heavy atom. The minimum atomic E-state index is 0.00992. The first kappa shape index (κ1) is 12.6. The van der Waals surface area contributed by atoms with Crippen LogP contribution in [-0.4, -0.2) is 34.1 Å². The summed E-state index contributed by atoms with van der Waals surface area (Å²) in [7, 11) is 0. The molecule has 0 aliphatic carbocycles. The molecule has 0 radical (unpaired) electrons. The molecule has 1 aromatic heterocycles. The summed E-state index contributed by atoms with van der Waals surface area (Å²) >= 11 is 0. The highest BCUT2D eigenvalue weighted by atomic mass is 16.4. The van der Waals surface area contributed by atoms with Crippen LogP contribution in [-0.2, 0) is 0 Å². The molecule has 1 aromatic rings. The molecule has 3 N–H and O–H groups in total. The zero-order valence-corrected chi connectivity index (χ0v) is 10.6. The number of anilines is 1. The van der Waals surface area contributed by atoms with Gasteiger partial charge >= 0.3 is 0 Å². The maximum absolute atomic E-state index is 8.77. The molecule has 6 heteroatoms. The van der Waals surface area contributed by atoms with Crippen LogP contribution >= 0.6 is 0 Å². The molecule has 18 heavy (non-hydrogen) atoms. The number of piperidine rings is 1. The van der Waals surface area contributed by atoms with Crippen LogP contribution in [0.25, 0.3) is 0 Å². The highest BCUT2D eigenvalue weighted by Gasteiger charge is 2.22. The Labute approximate surface area is 107 Å². The molecule has 0 spiro atoms. The summed E-state index contributed by atoms with van der Waals surface area (Å²) in [5.74, 6) is 1.52. The predicted octanol–water partition coefficient (Wildman–Crippen LogP) is 1.20. The van der Waals surface area contributed by atoms with E-state index in [2.05, 4.69) is 26.9 Å². The molecular formula is C12H19N5O. The van der Waals surface area contributed by atoms with Crippen LogP contribution < -0.4 is 10.6 Å². The quantitative estimate of drug-likeness (QED) is 0.364. The minimum absolute atomic E-state index is 0.00992. The lowest BCUT2D eigenvalue weighted by Crippen LogP contribution is -2.36. The molecular weight excluding hydrogens is 230 g/mol. The van der Waals surface area contributed by atoms with Gasteiger partial charge in [0.1, 0.15) is 0 Å². The lowest BCUT2D eigenvalue weighted by atomic mass is 9.94. The van der Waals surface area contributed by atoms with E-state index in [1.807, 2.05) is 0 Å². The smallest absolute Gasteiger partial charge is 0.192 e. The van der Waals surface area contributed by atoms with E-state index in [0.29, 0.717) is 11.5 Å². The van der Waals surface area contributed by atoms with Crippen molar-refractivity contribution in [2.24, 2.45) is 16.8 Å². The summed E-state index contributed by atoms with van der Waals surface area (Å²) in [6.07, 6.45) is 6.72. The standard InChI is InChI=1S/C12H19N5O/c1-2-9-3-7-17(8-4-9)12-10(11(13)16-18)14-5-6-15-12/h5-6,9,18H,2-4,7-8H2,1H3,(H2,13,16). The van der Waals surface area contributed by atoms with Gasteiger partial charge in [-0.25, -0.2) is 9.97 Å². The van der Waals surface area contributed by atoms with Gasteiger partial charge in [0, 0.05) is 25.5 Å². The Morgan fingerprint density at radius 1 is 1.44 bits per heavy atom. The fourth-order valence-electron chi connectivity index (χ4n) is 2.34. The number of oxime groups is 1. The Balaban J connectivity index is 2.19. The Hall–Kier alpha value is -1.85. The van der Waals surface area contributed by atoms with Crippen molar-refractivity contribution in [3.05, 3.63) is 18.1 Å². The second-order valence-corrected chi connectivity index (χ2v) is 4.55. The van der Waals surface area contributed by atoms with E-state index in [1.54, 1.807) is 12.4 Å². The van der Waals surface area contributed by atoms with Crippen molar-refractivity contribution in [3.63, 3.8) is 0 Å². The molecule has 1 saturated heterocycles. The highest BCUT2D eigenvalue weighted by Crippen LogP contribution is 2.24. The molecule has 0 amide bonds. The van der Waals surface area contributed by atoms with Crippen LogP contribution in [0.2, 0.25) is 0 Å². The van der Waals surface area contributed by atoms with Crippen molar-refractivity contribution in [1.29, 1.82) is 0 Å². The molecule has 0 unspecified atom stereocenters. The molecule has 98 valence electrons. The summed E-state index contributed by atoms with van der Waals surface area (Å²) in [4.78, 5) is 10.6. The van der Waals surface area contributed by atoms with Crippen molar-refractivity contribution in [1.82, 2.24) is 9.97 Å². The average Bonchev–Trinajstić information content (AvgIpc) is 2.46. The van der Waals surface area contributed by atoms with Gasteiger partial charge < -0.3 is 15.8 Å². The SMILES string of the molecule is CCC1CCN(c2nccnc2/C(N)=N/O)CC1. The first-order valence-electron chi connectivity index (χ1n) is 6.30. The molecule has 1 aliphatic rings. The molecule has 2 rings (SSSR count). The molecule has 1 aliphatic heterocycles. The first-order chi connectivity index (χ1) is 8.76. The fourth-order valence-corrected chi connectivity index (χ4v) is 2.34. The van der Waals surface area contributed by atoms with Gasteiger partial charge in [0.05, 0.1) is 0 Å². The summed E-state index contributed by atoms with van der Waals surface area (Å²) < 4.78 is 0. The van der Waals surface area contributed by atoms with Crippen LogP contribution in [0.4, 0.5) is 5.82 Å². The van der Waals surface area contributed by atoms with E-state index in [-0.39, 0.29) is 5.84 Å². The van der Waals surface area contributed by atoms with Gasteiger partial charge in [0.25, 0.3) is 0 Å². The van der Waals surface area contributed by atoms with Crippen LogP contribution in [0.5, 0.6) is 0 Å². The molecule has 6 nitrogen and oxygen atoms in total. The summed E-state index contributed by atoms with van der Waals surface area (Å²) in [6, 6.07) is 0. The Bertz CT molecular complexity index is 426. The maximum Gasteiger partial charge on any atom is 0.192 e. The van der Waals surface area contributed by atoms with Crippen LogP contribution in [0.15, 0.2) is 17.5 Å². The monoisotopic (exact) mass is 249 g/mol.